The highest BCUT2D eigenvalue weighted by atomic mass is 32.2. The highest BCUT2D eigenvalue weighted by molar-refractivity contribution is 7.89. The van der Waals surface area contributed by atoms with Gasteiger partial charge in [-0.15, -0.1) is 0 Å². The fraction of sp³-hybridized carbons (Fsp3) is 0.516. The summed E-state index contributed by atoms with van der Waals surface area (Å²) in [4.78, 5) is 39.0. The number of nitrogens with one attached hydrogen (secondary N) is 1. The normalized spacial score (nSPS) is 15.4. The standard InChI is InChI=1S/C31H43N3O6S/c1-20(2)24-18-25(21(3)4)29(26(19-24)22(5)6)41(39,40)34-16-14-33(15-17-34)28(35)13-12-27(31(37)38)32-30(36)23-10-8-7-9-11-23/h7-11,18-22,27H,12-17H2,1-6H3,(H,32,36)(H,37,38)/t27-/m0/s1. The van der Waals surface area contributed by atoms with Gasteiger partial charge in [0, 0.05) is 38.2 Å². The van der Waals surface area contributed by atoms with Crippen LogP contribution in [0.5, 0.6) is 0 Å². The van der Waals surface area contributed by atoms with Gasteiger partial charge in [0.05, 0.1) is 4.90 Å². The Morgan fingerprint density at radius 1 is 0.854 bits per heavy atom. The maximum atomic E-state index is 14.0. The van der Waals surface area contributed by atoms with E-state index in [2.05, 4.69) is 19.2 Å². The monoisotopic (exact) mass is 585 g/mol. The van der Waals surface area contributed by atoms with Gasteiger partial charge in [0.15, 0.2) is 0 Å². The quantitative estimate of drug-likeness (QED) is 0.399. The molecule has 0 aromatic heterocycles. The minimum absolute atomic E-state index is 0.0170. The summed E-state index contributed by atoms with van der Waals surface area (Å²) in [6, 6.07) is 11.1. The summed E-state index contributed by atoms with van der Waals surface area (Å²) < 4.78 is 29.5. The zero-order chi connectivity index (χ0) is 30.5. The highest BCUT2D eigenvalue weighted by Crippen LogP contribution is 2.36. The molecule has 0 saturated carbocycles. The van der Waals surface area contributed by atoms with Crippen molar-refractivity contribution in [2.75, 3.05) is 26.2 Å². The van der Waals surface area contributed by atoms with Gasteiger partial charge in [0.2, 0.25) is 15.9 Å². The summed E-state index contributed by atoms with van der Waals surface area (Å²) in [6.45, 7) is 13.0. The van der Waals surface area contributed by atoms with Crippen LogP contribution in [0.4, 0.5) is 0 Å². The summed E-state index contributed by atoms with van der Waals surface area (Å²) in [5, 5.41) is 12.1. The van der Waals surface area contributed by atoms with Crippen LogP contribution in [-0.2, 0) is 19.6 Å². The Morgan fingerprint density at radius 3 is 1.85 bits per heavy atom. The number of nitrogens with zero attached hydrogens (tertiary/aromatic N) is 2. The van der Waals surface area contributed by atoms with Crippen molar-refractivity contribution in [3.05, 3.63) is 64.7 Å². The Labute approximate surface area is 244 Å². The maximum Gasteiger partial charge on any atom is 0.326 e. The molecule has 2 aromatic carbocycles. The van der Waals surface area contributed by atoms with E-state index in [0.29, 0.717) is 10.5 Å². The second kappa shape index (κ2) is 13.6. The van der Waals surface area contributed by atoms with Gasteiger partial charge in [-0.2, -0.15) is 4.31 Å². The molecular formula is C31H43N3O6S. The van der Waals surface area contributed by atoms with Crippen LogP contribution in [0.25, 0.3) is 0 Å². The number of sulfonamides is 1. The molecule has 224 valence electrons. The van der Waals surface area contributed by atoms with Gasteiger partial charge in [-0.3, -0.25) is 9.59 Å². The predicted octanol–water partition coefficient (Wildman–Crippen LogP) is 4.55. The van der Waals surface area contributed by atoms with E-state index in [4.69, 9.17) is 0 Å². The lowest BCUT2D eigenvalue weighted by molar-refractivity contribution is -0.139. The molecule has 0 radical (unpaired) electrons. The molecular weight excluding hydrogens is 542 g/mol. The van der Waals surface area contributed by atoms with Crippen LogP contribution in [0.1, 0.15) is 99.2 Å². The SMILES string of the molecule is CC(C)c1cc(C(C)C)c(S(=O)(=O)N2CCN(C(=O)CC[C@H](NC(=O)c3ccccc3)C(=O)O)CC2)c(C(C)C)c1. The van der Waals surface area contributed by atoms with Gasteiger partial charge >= 0.3 is 5.97 Å². The fourth-order valence-corrected chi connectivity index (χ4v) is 7.10. The number of aliphatic carboxylic acids is 1. The van der Waals surface area contributed by atoms with Crippen molar-refractivity contribution >= 4 is 27.8 Å². The number of rotatable bonds is 11. The first-order valence-corrected chi connectivity index (χ1v) is 15.7. The molecule has 0 bridgehead atoms. The first kappa shape index (κ1) is 32.3. The lowest BCUT2D eigenvalue weighted by atomic mass is 9.89. The topological polar surface area (TPSA) is 124 Å². The smallest absolute Gasteiger partial charge is 0.326 e. The van der Waals surface area contributed by atoms with Crippen molar-refractivity contribution in [2.45, 2.75) is 83.1 Å². The zero-order valence-electron chi connectivity index (χ0n) is 24.9. The number of amides is 2. The largest absolute Gasteiger partial charge is 0.480 e. The number of carbonyl (C=O) groups is 3. The third-order valence-corrected chi connectivity index (χ3v) is 9.59. The van der Waals surface area contributed by atoms with E-state index < -0.39 is 27.9 Å². The average molecular weight is 586 g/mol. The van der Waals surface area contributed by atoms with E-state index in [-0.39, 0.29) is 62.7 Å². The number of hydrogen-bond acceptors (Lipinski definition) is 5. The van der Waals surface area contributed by atoms with E-state index in [9.17, 15) is 27.9 Å². The van der Waals surface area contributed by atoms with Crippen LogP contribution in [0.2, 0.25) is 0 Å². The number of carboxylic acid groups (broad SMARTS) is 1. The van der Waals surface area contributed by atoms with Crippen LogP contribution in [-0.4, -0.2) is 72.7 Å². The van der Waals surface area contributed by atoms with Crippen LogP contribution in [0, 0.1) is 0 Å². The average Bonchev–Trinajstić information content (AvgIpc) is 2.94. The first-order valence-electron chi connectivity index (χ1n) is 14.3. The first-order chi connectivity index (χ1) is 19.2. The number of carboxylic acids is 1. The van der Waals surface area contributed by atoms with E-state index in [1.165, 1.54) is 4.31 Å². The lowest BCUT2D eigenvalue weighted by Gasteiger charge is -2.35. The van der Waals surface area contributed by atoms with Crippen molar-refractivity contribution in [1.82, 2.24) is 14.5 Å². The minimum atomic E-state index is -3.81. The molecule has 3 rings (SSSR count). The summed E-state index contributed by atoms with van der Waals surface area (Å²) >= 11 is 0. The van der Waals surface area contributed by atoms with Crippen molar-refractivity contribution in [2.24, 2.45) is 0 Å². The van der Waals surface area contributed by atoms with Gasteiger partial charge in [0.1, 0.15) is 6.04 Å². The van der Waals surface area contributed by atoms with Crippen molar-refractivity contribution in [3.8, 4) is 0 Å². The van der Waals surface area contributed by atoms with Gasteiger partial charge in [0.25, 0.3) is 5.91 Å². The van der Waals surface area contributed by atoms with Gasteiger partial charge in [-0.05, 0) is 53.0 Å². The van der Waals surface area contributed by atoms with E-state index in [1.54, 1.807) is 35.2 Å². The molecule has 1 aliphatic heterocycles. The molecule has 1 saturated heterocycles. The molecule has 2 amide bonds. The van der Waals surface area contributed by atoms with E-state index in [0.717, 1.165) is 16.7 Å². The molecule has 0 unspecified atom stereocenters. The molecule has 41 heavy (non-hydrogen) atoms. The van der Waals surface area contributed by atoms with Crippen molar-refractivity contribution in [1.29, 1.82) is 0 Å². The maximum absolute atomic E-state index is 14.0. The van der Waals surface area contributed by atoms with E-state index in [1.807, 2.05) is 39.8 Å². The van der Waals surface area contributed by atoms with Gasteiger partial charge in [-0.25, -0.2) is 13.2 Å². The lowest BCUT2D eigenvalue weighted by Crippen LogP contribution is -2.51. The molecule has 1 aliphatic rings. The minimum Gasteiger partial charge on any atom is -0.480 e. The third kappa shape index (κ3) is 7.74. The molecule has 1 heterocycles. The summed E-state index contributed by atoms with van der Waals surface area (Å²) in [5.41, 5.74) is 3.08. The van der Waals surface area contributed by atoms with Gasteiger partial charge < -0.3 is 15.3 Å². The third-order valence-electron chi connectivity index (χ3n) is 7.55. The van der Waals surface area contributed by atoms with Gasteiger partial charge in [-0.1, -0.05) is 71.9 Å². The summed E-state index contributed by atoms with van der Waals surface area (Å²) in [5.74, 6) is -1.71. The molecule has 1 fully saturated rings. The summed E-state index contributed by atoms with van der Waals surface area (Å²) in [6.07, 6.45) is -0.145. The Balaban J connectivity index is 1.69. The number of benzene rings is 2. The van der Waals surface area contributed by atoms with Crippen molar-refractivity contribution < 1.29 is 27.9 Å². The molecule has 1 atom stereocenters. The van der Waals surface area contributed by atoms with Crippen LogP contribution in [0.3, 0.4) is 0 Å². The number of hydrogen-bond donors (Lipinski definition) is 2. The Kier molecular flexibility index (Phi) is 10.7. The fourth-order valence-electron chi connectivity index (χ4n) is 5.01. The second-order valence-electron chi connectivity index (χ2n) is 11.5. The molecule has 10 heteroatoms. The number of carbonyl (C=O) groups excluding carboxylic acids is 2. The summed E-state index contributed by atoms with van der Waals surface area (Å²) in [7, 11) is -3.81. The number of piperazine rings is 1. The van der Waals surface area contributed by atoms with Crippen molar-refractivity contribution in [3.63, 3.8) is 0 Å². The highest BCUT2D eigenvalue weighted by Gasteiger charge is 2.35. The molecule has 9 nitrogen and oxygen atoms in total. The van der Waals surface area contributed by atoms with E-state index >= 15 is 0 Å². The second-order valence-corrected chi connectivity index (χ2v) is 13.4. The Hall–Kier alpha value is -3.24. The van der Waals surface area contributed by atoms with Crippen LogP contribution >= 0.6 is 0 Å². The molecule has 0 aliphatic carbocycles. The predicted molar refractivity (Wildman–Crippen MR) is 159 cm³/mol. The molecule has 2 N–H and O–H groups in total. The molecule has 0 spiro atoms. The Morgan fingerprint density at radius 2 is 1.39 bits per heavy atom. The van der Waals surface area contributed by atoms with Crippen LogP contribution < -0.4 is 5.32 Å². The molecule has 2 aromatic rings. The zero-order valence-corrected chi connectivity index (χ0v) is 25.7. The Bertz CT molecular complexity index is 1320. The van der Waals surface area contributed by atoms with Crippen LogP contribution in [0.15, 0.2) is 47.4 Å².